The van der Waals surface area contributed by atoms with E-state index in [0.717, 1.165) is 48.6 Å². The highest BCUT2D eigenvalue weighted by Crippen LogP contribution is 2.32. The van der Waals surface area contributed by atoms with E-state index in [-0.39, 0.29) is 11.3 Å². The summed E-state index contributed by atoms with van der Waals surface area (Å²) < 4.78 is 4.67. The fourth-order valence-electron chi connectivity index (χ4n) is 3.35. The summed E-state index contributed by atoms with van der Waals surface area (Å²) >= 11 is 0. The van der Waals surface area contributed by atoms with E-state index >= 15 is 0 Å². The van der Waals surface area contributed by atoms with Gasteiger partial charge in [0, 0.05) is 37.9 Å². The zero-order valence-corrected chi connectivity index (χ0v) is 15.8. The van der Waals surface area contributed by atoms with E-state index in [0.29, 0.717) is 0 Å². The number of aryl methyl sites for hydroxylation is 1. The SMILES string of the molecule is COC(=O)c1cc(C)c(-c2ccc(N3CCN(C)CC3)cc2)cc1[N+](=O)[O-]. The standard InChI is InChI=1S/C20H23N3O4/c1-14-12-18(20(24)27-3)19(23(25)26)13-17(14)15-4-6-16(7-5-15)22-10-8-21(2)9-11-22/h4-7,12-13H,8-11H2,1-3H3. The van der Waals surface area contributed by atoms with Gasteiger partial charge in [0.1, 0.15) is 5.56 Å². The van der Waals surface area contributed by atoms with Gasteiger partial charge in [0.15, 0.2) is 0 Å². The molecule has 3 rings (SSSR count). The van der Waals surface area contributed by atoms with Gasteiger partial charge in [-0.15, -0.1) is 0 Å². The minimum atomic E-state index is -0.707. The number of hydrogen-bond donors (Lipinski definition) is 0. The Morgan fingerprint density at radius 1 is 1.11 bits per heavy atom. The lowest BCUT2D eigenvalue weighted by Gasteiger charge is -2.34. The topological polar surface area (TPSA) is 75.9 Å². The van der Waals surface area contributed by atoms with E-state index in [9.17, 15) is 14.9 Å². The third kappa shape index (κ3) is 3.93. The van der Waals surface area contributed by atoms with Crippen LogP contribution < -0.4 is 4.90 Å². The van der Waals surface area contributed by atoms with Crippen LogP contribution in [-0.2, 0) is 4.74 Å². The maximum Gasteiger partial charge on any atom is 0.344 e. The lowest BCUT2D eigenvalue weighted by molar-refractivity contribution is -0.385. The first kappa shape index (κ1) is 18.8. The first-order chi connectivity index (χ1) is 12.9. The van der Waals surface area contributed by atoms with Crippen molar-refractivity contribution in [3.63, 3.8) is 0 Å². The number of benzene rings is 2. The largest absolute Gasteiger partial charge is 0.465 e. The van der Waals surface area contributed by atoms with E-state index in [4.69, 9.17) is 0 Å². The smallest absolute Gasteiger partial charge is 0.344 e. The Balaban J connectivity index is 1.93. The summed E-state index contributed by atoms with van der Waals surface area (Å²) in [6, 6.07) is 11.0. The fourth-order valence-corrected chi connectivity index (χ4v) is 3.35. The highest BCUT2D eigenvalue weighted by atomic mass is 16.6. The van der Waals surface area contributed by atoms with Crippen molar-refractivity contribution < 1.29 is 14.5 Å². The number of nitro benzene ring substituents is 1. The van der Waals surface area contributed by atoms with Crippen LogP contribution in [0.1, 0.15) is 15.9 Å². The predicted molar refractivity (Wildman–Crippen MR) is 104 cm³/mol. The molecule has 1 aliphatic heterocycles. The van der Waals surface area contributed by atoms with Crippen molar-refractivity contribution in [1.29, 1.82) is 0 Å². The molecule has 0 spiro atoms. The second-order valence-electron chi connectivity index (χ2n) is 6.77. The van der Waals surface area contributed by atoms with Gasteiger partial charge in [0.2, 0.25) is 0 Å². The molecule has 0 saturated carbocycles. The Hall–Kier alpha value is -2.93. The molecule has 2 aromatic carbocycles. The number of hydrogen-bond acceptors (Lipinski definition) is 6. The van der Waals surface area contributed by atoms with Gasteiger partial charge in [0.25, 0.3) is 5.69 Å². The average molecular weight is 369 g/mol. The van der Waals surface area contributed by atoms with Crippen LogP contribution >= 0.6 is 0 Å². The molecule has 1 aliphatic rings. The minimum absolute atomic E-state index is 0.0298. The van der Waals surface area contributed by atoms with Crippen LogP contribution in [0.4, 0.5) is 11.4 Å². The molecule has 0 atom stereocenters. The molecule has 1 fully saturated rings. The molecule has 27 heavy (non-hydrogen) atoms. The van der Waals surface area contributed by atoms with Crippen LogP contribution in [0.5, 0.6) is 0 Å². The number of nitro groups is 1. The quantitative estimate of drug-likeness (QED) is 0.468. The summed E-state index contributed by atoms with van der Waals surface area (Å²) in [7, 11) is 3.33. The number of piperazine rings is 1. The van der Waals surface area contributed by atoms with Gasteiger partial charge in [-0.05, 0) is 48.9 Å². The van der Waals surface area contributed by atoms with Crippen molar-refractivity contribution in [1.82, 2.24) is 4.90 Å². The van der Waals surface area contributed by atoms with Gasteiger partial charge in [-0.3, -0.25) is 10.1 Å². The summed E-state index contributed by atoms with van der Waals surface area (Å²) in [4.78, 5) is 27.3. The van der Waals surface area contributed by atoms with Gasteiger partial charge in [-0.1, -0.05) is 12.1 Å². The van der Waals surface area contributed by atoms with Crippen LogP contribution in [-0.4, -0.2) is 56.1 Å². The number of likely N-dealkylation sites (N-methyl/N-ethyl adjacent to an activating group) is 1. The van der Waals surface area contributed by atoms with Crippen molar-refractivity contribution >= 4 is 17.3 Å². The van der Waals surface area contributed by atoms with Crippen LogP contribution in [0.3, 0.4) is 0 Å². The number of carbonyl (C=O) groups is 1. The summed E-state index contributed by atoms with van der Waals surface area (Å²) in [6.45, 7) is 5.85. The summed E-state index contributed by atoms with van der Waals surface area (Å²) in [5, 5.41) is 11.4. The number of anilines is 1. The Labute approximate surface area is 158 Å². The Morgan fingerprint density at radius 3 is 2.30 bits per heavy atom. The van der Waals surface area contributed by atoms with Crippen molar-refractivity contribution in [3.8, 4) is 11.1 Å². The number of ether oxygens (including phenoxy) is 1. The van der Waals surface area contributed by atoms with Crippen molar-refractivity contribution in [2.45, 2.75) is 6.92 Å². The van der Waals surface area contributed by atoms with Gasteiger partial charge in [-0.2, -0.15) is 0 Å². The van der Waals surface area contributed by atoms with Crippen LogP contribution in [0, 0.1) is 17.0 Å². The first-order valence-electron chi connectivity index (χ1n) is 8.82. The van der Waals surface area contributed by atoms with Gasteiger partial charge >= 0.3 is 5.97 Å². The molecular weight excluding hydrogens is 346 g/mol. The molecule has 7 heteroatoms. The molecule has 0 bridgehead atoms. The molecule has 7 nitrogen and oxygen atoms in total. The monoisotopic (exact) mass is 369 g/mol. The zero-order chi connectivity index (χ0) is 19.6. The molecule has 0 aromatic heterocycles. The average Bonchev–Trinajstić information content (AvgIpc) is 2.67. The Morgan fingerprint density at radius 2 is 1.74 bits per heavy atom. The number of carbonyl (C=O) groups excluding carboxylic acids is 1. The van der Waals surface area contributed by atoms with E-state index < -0.39 is 10.9 Å². The van der Waals surface area contributed by atoms with E-state index in [2.05, 4.69) is 21.6 Å². The van der Waals surface area contributed by atoms with Crippen LogP contribution in [0.2, 0.25) is 0 Å². The van der Waals surface area contributed by atoms with Gasteiger partial charge in [0.05, 0.1) is 12.0 Å². The summed E-state index contributed by atoms with van der Waals surface area (Å²) in [6.07, 6.45) is 0. The molecule has 0 unspecified atom stereocenters. The maximum absolute atomic E-state index is 11.8. The van der Waals surface area contributed by atoms with Crippen molar-refractivity contribution in [2.75, 3.05) is 45.2 Å². The lowest BCUT2D eigenvalue weighted by Crippen LogP contribution is -2.44. The number of rotatable bonds is 4. The molecular formula is C20H23N3O4. The first-order valence-corrected chi connectivity index (χ1v) is 8.82. The molecule has 1 heterocycles. The Bertz CT molecular complexity index is 856. The minimum Gasteiger partial charge on any atom is -0.465 e. The fraction of sp³-hybridized carbons (Fsp3) is 0.350. The highest BCUT2D eigenvalue weighted by Gasteiger charge is 2.23. The number of nitrogens with zero attached hydrogens (tertiary/aromatic N) is 3. The number of esters is 1. The van der Waals surface area contributed by atoms with Gasteiger partial charge in [-0.25, -0.2) is 4.79 Å². The molecule has 1 saturated heterocycles. The van der Waals surface area contributed by atoms with Crippen molar-refractivity contribution in [3.05, 3.63) is 57.6 Å². The van der Waals surface area contributed by atoms with Crippen molar-refractivity contribution in [2.24, 2.45) is 0 Å². The summed E-state index contributed by atoms with van der Waals surface area (Å²) in [5.74, 6) is -0.707. The zero-order valence-electron chi connectivity index (χ0n) is 15.8. The molecule has 2 aromatic rings. The third-order valence-corrected chi connectivity index (χ3v) is 4.99. The Kier molecular flexibility index (Phi) is 5.41. The second-order valence-corrected chi connectivity index (χ2v) is 6.77. The second kappa shape index (κ2) is 7.75. The molecule has 0 radical (unpaired) electrons. The highest BCUT2D eigenvalue weighted by molar-refractivity contribution is 5.95. The van der Waals surface area contributed by atoms with E-state index in [1.807, 2.05) is 31.2 Å². The summed E-state index contributed by atoms with van der Waals surface area (Å²) in [5.41, 5.74) is 3.27. The van der Waals surface area contributed by atoms with Crippen LogP contribution in [0.25, 0.3) is 11.1 Å². The van der Waals surface area contributed by atoms with Crippen LogP contribution in [0.15, 0.2) is 36.4 Å². The van der Waals surface area contributed by atoms with E-state index in [1.54, 1.807) is 0 Å². The van der Waals surface area contributed by atoms with E-state index in [1.165, 1.54) is 19.2 Å². The normalized spacial score (nSPS) is 14.9. The molecule has 142 valence electrons. The number of methoxy groups -OCH3 is 1. The molecule has 0 N–H and O–H groups in total. The third-order valence-electron chi connectivity index (χ3n) is 4.99. The molecule has 0 aliphatic carbocycles. The lowest BCUT2D eigenvalue weighted by atomic mass is 9.96. The van der Waals surface area contributed by atoms with Gasteiger partial charge < -0.3 is 14.5 Å². The molecule has 0 amide bonds. The maximum atomic E-state index is 11.8. The predicted octanol–water partition coefficient (Wildman–Crippen LogP) is 3.11.